The molecule has 1 aromatic heterocycles. The summed E-state index contributed by atoms with van der Waals surface area (Å²) in [7, 11) is 0. The summed E-state index contributed by atoms with van der Waals surface area (Å²) < 4.78 is 6.61. The summed E-state index contributed by atoms with van der Waals surface area (Å²) in [6.07, 6.45) is -0.808. The highest BCUT2D eigenvalue weighted by molar-refractivity contribution is 5.81. The first-order chi connectivity index (χ1) is 12.4. The molecule has 12 nitrogen and oxygen atoms in total. The number of carbonyl (C=O) groups is 1. The first-order valence-corrected chi connectivity index (χ1v) is 8.13. The standard InChI is InChI=1S/C14H23N7O5/c1-2-3-7(15)12(24)18-10-11(23)8(6-22)26-13(10)21-5-4-9(19-20-16)17-14(21)25/h4-5,7-8,10-11,13,22-23H,2-3,6,15H2,1H3,(H,18,24)(H2,16,17,19,25)/t7?,8-,10?,11+,13-/m1/s1. The predicted octanol–water partition coefficient (Wildman–Crippen LogP) is -1.94. The van der Waals surface area contributed by atoms with Crippen molar-refractivity contribution in [3.8, 4) is 0 Å². The predicted molar refractivity (Wildman–Crippen MR) is 89.0 cm³/mol. The summed E-state index contributed by atoms with van der Waals surface area (Å²) in [6.45, 7) is 1.39. The zero-order valence-corrected chi connectivity index (χ0v) is 14.2. The van der Waals surface area contributed by atoms with Crippen LogP contribution in [0.2, 0.25) is 0 Å². The summed E-state index contributed by atoms with van der Waals surface area (Å²) in [5.41, 5.74) is 5.04. The second-order valence-electron chi connectivity index (χ2n) is 5.86. The van der Waals surface area contributed by atoms with Gasteiger partial charge in [0.1, 0.15) is 18.2 Å². The van der Waals surface area contributed by atoms with Crippen molar-refractivity contribution in [1.82, 2.24) is 14.9 Å². The molecule has 1 fully saturated rings. The fourth-order valence-corrected chi connectivity index (χ4v) is 2.72. The number of amides is 1. The monoisotopic (exact) mass is 369 g/mol. The van der Waals surface area contributed by atoms with Gasteiger partial charge in [-0.05, 0) is 6.42 Å². The number of aromatic nitrogens is 2. The molecule has 0 radical (unpaired) electrons. The van der Waals surface area contributed by atoms with E-state index in [1.165, 1.54) is 12.3 Å². The number of ether oxygens (including phenoxy) is 1. The average molecular weight is 369 g/mol. The highest BCUT2D eigenvalue weighted by Crippen LogP contribution is 2.28. The molecule has 7 N–H and O–H groups in total. The Labute approximate surface area is 148 Å². The highest BCUT2D eigenvalue weighted by Gasteiger charge is 2.45. The molecule has 1 aliphatic rings. The largest absolute Gasteiger partial charge is 0.394 e. The molecule has 0 saturated carbocycles. The van der Waals surface area contributed by atoms with Crippen LogP contribution < -0.4 is 22.6 Å². The van der Waals surface area contributed by atoms with Gasteiger partial charge >= 0.3 is 5.69 Å². The van der Waals surface area contributed by atoms with Crippen molar-refractivity contribution in [1.29, 1.82) is 0 Å². The molecule has 0 aliphatic carbocycles. The molecular formula is C14H23N7O5. The maximum atomic E-state index is 12.2. The summed E-state index contributed by atoms with van der Waals surface area (Å²) in [5.74, 6) is 4.43. The van der Waals surface area contributed by atoms with Crippen molar-refractivity contribution in [2.24, 2.45) is 21.9 Å². The smallest absolute Gasteiger partial charge is 0.351 e. The molecular weight excluding hydrogens is 346 g/mol. The number of hydrogen-bond acceptors (Lipinski definition) is 9. The zero-order valence-electron chi connectivity index (χ0n) is 14.2. The number of nitrogens with zero attached hydrogens (tertiary/aromatic N) is 4. The quantitative estimate of drug-likeness (QED) is 0.208. The lowest BCUT2D eigenvalue weighted by Gasteiger charge is -2.24. The van der Waals surface area contributed by atoms with Crippen LogP contribution >= 0.6 is 0 Å². The molecule has 1 amide bonds. The van der Waals surface area contributed by atoms with E-state index in [1.54, 1.807) is 0 Å². The normalized spacial score (nSPS) is 26.9. The Bertz CT molecular complexity index is 709. The minimum absolute atomic E-state index is 0.00319. The molecule has 1 saturated heterocycles. The van der Waals surface area contributed by atoms with Gasteiger partial charge in [-0.15, -0.1) is 5.11 Å². The molecule has 5 atom stereocenters. The van der Waals surface area contributed by atoms with Crippen LogP contribution in [-0.4, -0.2) is 56.6 Å². The third-order valence-electron chi connectivity index (χ3n) is 4.05. The number of nitrogens with two attached hydrogens (primary N) is 2. The second-order valence-corrected chi connectivity index (χ2v) is 5.86. The summed E-state index contributed by atoms with van der Waals surface area (Å²) in [4.78, 5) is 28.1. The third kappa shape index (κ3) is 4.22. The van der Waals surface area contributed by atoms with Crippen LogP contribution in [0, 0.1) is 0 Å². The molecule has 2 unspecified atom stereocenters. The van der Waals surface area contributed by atoms with Gasteiger partial charge in [-0.1, -0.05) is 18.6 Å². The van der Waals surface area contributed by atoms with Gasteiger partial charge in [0, 0.05) is 12.3 Å². The number of aliphatic hydroxyl groups is 2. The fourth-order valence-electron chi connectivity index (χ4n) is 2.72. The van der Waals surface area contributed by atoms with E-state index in [0.717, 1.165) is 4.57 Å². The maximum Gasteiger partial charge on any atom is 0.351 e. The van der Waals surface area contributed by atoms with Crippen molar-refractivity contribution >= 4 is 11.7 Å². The molecule has 1 aromatic rings. The fraction of sp³-hybridized carbons (Fsp3) is 0.643. The molecule has 2 heterocycles. The van der Waals surface area contributed by atoms with E-state index in [0.29, 0.717) is 12.8 Å². The Balaban J connectivity index is 2.29. The van der Waals surface area contributed by atoms with Crippen molar-refractivity contribution in [3.63, 3.8) is 0 Å². The molecule has 26 heavy (non-hydrogen) atoms. The van der Waals surface area contributed by atoms with Crippen molar-refractivity contribution in [2.75, 3.05) is 6.61 Å². The lowest BCUT2D eigenvalue weighted by Crippen LogP contribution is -2.52. The Kier molecular flexibility index (Phi) is 6.74. The van der Waals surface area contributed by atoms with Gasteiger partial charge in [0.05, 0.1) is 12.6 Å². The molecule has 1 aliphatic heterocycles. The lowest BCUT2D eigenvalue weighted by atomic mass is 10.1. The number of aliphatic hydroxyl groups excluding tert-OH is 2. The van der Waals surface area contributed by atoms with E-state index in [9.17, 15) is 19.8 Å². The van der Waals surface area contributed by atoms with Gasteiger partial charge in [-0.3, -0.25) is 9.36 Å². The van der Waals surface area contributed by atoms with Gasteiger partial charge in [0.25, 0.3) is 0 Å². The average Bonchev–Trinajstić information content (AvgIpc) is 2.91. The van der Waals surface area contributed by atoms with Crippen molar-refractivity contribution in [2.45, 2.75) is 50.3 Å². The van der Waals surface area contributed by atoms with E-state index in [-0.39, 0.29) is 5.82 Å². The molecule has 2 rings (SSSR count). The third-order valence-corrected chi connectivity index (χ3v) is 4.05. The highest BCUT2D eigenvalue weighted by atomic mass is 16.5. The molecule has 0 aromatic carbocycles. The lowest BCUT2D eigenvalue weighted by molar-refractivity contribution is -0.124. The maximum absolute atomic E-state index is 12.2. The Morgan fingerprint density at radius 1 is 1.58 bits per heavy atom. The SMILES string of the molecule is CCCC(N)C(=O)NC1[C@@H](O)[C@@H](CO)O[C@H]1n1ccc(N=NN)nc1=O. The summed E-state index contributed by atoms with van der Waals surface area (Å²) >= 11 is 0. The van der Waals surface area contributed by atoms with Crippen LogP contribution in [0.1, 0.15) is 26.0 Å². The number of rotatable bonds is 7. The van der Waals surface area contributed by atoms with Gasteiger partial charge < -0.3 is 31.8 Å². The van der Waals surface area contributed by atoms with Gasteiger partial charge in [0.15, 0.2) is 12.0 Å². The van der Waals surface area contributed by atoms with Crippen LogP contribution in [0.4, 0.5) is 5.82 Å². The van der Waals surface area contributed by atoms with Crippen LogP contribution in [0.25, 0.3) is 0 Å². The van der Waals surface area contributed by atoms with Crippen LogP contribution in [0.3, 0.4) is 0 Å². The Morgan fingerprint density at radius 3 is 2.88 bits per heavy atom. The first kappa shape index (κ1) is 19.9. The van der Waals surface area contributed by atoms with Crippen LogP contribution in [0.15, 0.2) is 27.4 Å². The molecule has 144 valence electrons. The number of hydrogen-bond donors (Lipinski definition) is 5. The topological polar surface area (TPSA) is 190 Å². The van der Waals surface area contributed by atoms with Crippen molar-refractivity contribution in [3.05, 3.63) is 22.7 Å². The Morgan fingerprint density at radius 2 is 2.31 bits per heavy atom. The minimum Gasteiger partial charge on any atom is -0.394 e. The van der Waals surface area contributed by atoms with E-state index in [2.05, 4.69) is 20.6 Å². The van der Waals surface area contributed by atoms with E-state index in [1.807, 2.05) is 6.92 Å². The summed E-state index contributed by atoms with van der Waals surface area (Å²) in [6, 6.07) is -0.395. The number of nitrogens with one attached hydrogen (secondary N) is 1. The second kappa shape index (κ2) is 8.80. The Hall–Kier alpha value is -2.41. The minimum atomic E-state index is -1.24. The van der Waals surface area contributed by atoms with Gasteiger partial charge in [0.2, 0.25) is 5.91 Å². The molecule has 0 bridgehead atoms. The van der Waals surface area contributed by atoms with Gasteiger partial charge in [-0.2, -0.15) is 4.98 Å². The first-order valence-electron chi connectivity index (χ1n) is 8.13. The van der Waals surface area contributed by atoms with Crippen LogP contribution in [0.5, 0.6) is 0 Å². The van der Waals surface area contributed by atoms with Gasteiger partial charge in [-0.25, -0.2) is 4.79 Å². The molecule has 12 heteroatoms. The van der Waals surface area contributed by atoms with E-state index >= 15 is 0 Å². The van der Waals surface area contributed by atoms with Crippen LogP contribution in [-0.2, 0) is 9.53 Å². The van der Waals surface area contributed by atoms with E-state index in [4.69, 9.17) is 16.3 Å². The zero-order chi connectivity index (χ0) is 19.3. The van der Waals surface area contributed by atoms with E-state index < -0.39 is 48.7 Å². The molecule has 0 spiro atoms. The van der Waals surface area contributed by atoms with Crippen molar-refractivity contribution < 1.29 is 19.7 Å². The number of carbonyl (C=O) groups excluding carboxylic acids is 1. The summed E-state index contributed by atoms with van der Waals surface area (Å²) in [5, 5.41) is 28.8.